The van der Waals surface area contributed by atoms with Crippen LogP contribution in [0.3, 0.4) is 0 Å². The molecular weight excluding hydrogens is 320 g/mol. The van der Waals surface area contributed by atoms with E-state index in [9.17, 15) is 9.59 Å². The van der Waals surface area contributed by atoms with Crippen molar-refractivity contribution in [3.8, 4) is 5.75 Å². The molecule has 2 rings (SSSR count). The Morgan fingerprint density at radius 2 is 1.80 bits per heavy atom. The summed E-state index contributed by atoms with van der Waals surface area (Å²) >= 11 is 0. The van der Waals surface area contributed by atoms with Crippen LogP contribution in [0.5, 0.6) is 5.75 Å². The molecule has 2 amide bonds. The first kappa shape index (κ1) is 18.3. The van der Waals surface area contributed by atoms with E-state index in [-0.39, 0.29) is 5.70 Å². The van der Waals surface area contributed by atoms with Crippen LogP contribution in [0.2, 0.25) is 0 Å². The third kappa shape index (κ3) is 5.53. The number of methoxy groups -OCH3 is 1. The number of ether oxygens (including phenoxy) is 1. The van der Waals surface area contributed by atoms with E-state index >= 15 is 0 Å². The van der Waals surface area contributed by atoms with Crippen molar-refractivity contribution in [2.75, 3.05) is 7.11 Å². The van der Waals surface area contributed by atoms with Gasteiger partial charge < -0.3 is 19.8 Å². The van der Waals surface area contributed by atoms with E-state index in [1.165, 1.54) is 12.3 Å². The molecule has 2 N–H and O–H groups in total. The molecule has 0 bridgehead atoms. The number of rotatable bonds is 5. The molecule has 6 heteroatoms. The van der Waals surface area contributed by atoms with E-state index in [2.05, 4.69) is 10.6 Å². The van der Waals surface area contributed by atoms with Crippen molar-refractivity contribution >= 4 is 17.9 Å². The zero-order valence-electron chi connectivity index (χ0n) is 14.8. The molecule has 0 aliphatic carbocycles. The minimum Gasteiger partial charge on any atom is -0.497 e. The zero-order chi connectivity index (χ0) is 18.4. The molecule has 0 saturated carbocycles. The summed E-state index contributed by atoms with van der Waals surface area (Å²) in [6.45, 7) is 5.59. The van der Waals surface area contributed by atoms with E-state index in [4.69, 9.17) is 9.15 Å². The van der Waals surface area contributed by atoms with Gasteiger partial charge in [-0.15, -0.1) is 0 Å². The van der Waals surface area contributed by atoms with Crippen molar-refractivity contribution in [3.63, 3.8) is 0 Å². The Bertz CT molecular complexity index is 754. The summed E-state index contributed by atoms with van der Waals surface area (Å²) in [6.07, 6.45) is 2.99. The number of carbonyl (C=O) groups excluding carboxylic acids is 2. The first-order valence-corrected chi connectivity index (χ1v) is 7.81. The fourth-order valence-electron chi connectivity index (χ4n) is 2.02. The molecule has 25 heavy (non-hydrogen) atoms. The molecule has 0 fully saturated rings. The van der Waals surface area contributed by atoms with Gasteiger partial charge in [0.25, 0.3) is 11.8 Å². The zero-order valence-corrected chi connectivity index (χ0v) is 14.8. The predicted octanol–water partition coefficient (Wildman–Crippen LogP) is 2.97. The highest BCUT2D eigenvalue weighted by molar-refractivity contribution is 6.05. The van der Waals surface area contributed by atoms with Gasteiger partial charge in [-0.05, 0) is 57.2 Å². The van der Waals surface area contributed by atoms with Gasteiger partial charge in [-0.2, -0.15) is 0 Å². The van der Waals surface area contributed by atoms with Gasteiger partial charge in [-0.3, -0.25) is 9.59 Å². The van der Waals surface area contributed by atoms with Gasteiger partial charge in [0, 0.05) is 17.2 Å². The molecule has 0 radical (unpaired) electrons. The fraction of sp³-hybridized carbons (Fsp3) is 0.263. The topological polar surface area (TPSA) is 80.6 Å². The number of furan rings is 1. The van der Waals surface area contributed by atoms with Gasteiger partial charge in [0.05, 0.1) is 13.4 Å². The average Bonchev–Trinajstić information content (AvgIpc) is 3.05. The molecule has 0 unspecified atom stereocenters. The number of carbonyl (C=O) groups is 2. The summed E-state index contributed by atoms with van der Waals surface area (Å²) < 4.78 is 10.3. The maximum Gasteiger partial charge on any atom is 0.268 e. The standard InChI is InChI=1S/C19H22N2O4/c1-19(2,3)21-18(23)16(12-15-6-5-11-25-15)20-17(22)13-7-9-14(24-4)10-8-13/h5-12H,1-4H3,(H,20,22)(H,21,23)/b16-12+. The van der Waals surface area contributed by atoms with Crippen LogP contribution < -0.4 is 15.4 Å². The summed E-state index contributed by atoms with van der Waals surface area (Å²) in [5.41, 5.74) is 0.0740. The quantitative estimate of drug-likeness (QED) is 0.819. The highest BCUT2D eigenvalue weighted by Crippen LogP contribution is 2.13. The summed E-state index contributed by atoms with van der Waals surface area (Å²) in [7, 11) is 1.55. The van der Waals surface area contributed by atoms with Gasteiger partial charge in [0.2, 0.25) is 0 Å². The lowest BCUT2D eigenvalue weighted by Gasteiger charge is -2.21. The second-order valence-electron chi connectivity index (χ2n) is 6.46. The Morgan fingerprint density at radius 1 is 1.12 bits per heavy atom. The molecule has 0 atom stereocenters. The molecule has 1 aromatic heterocycles. The van der Waals surface area contributed by atoms with Crippen molar-refractivity contribution in [3.05, 3.63) is 59.7 Å². The van der Waals surface area contributed by atoms with Crippen molar-refractivity contribution in [1.82, 2.24) is 10.6 Å². The van der Waals surface area contributed by atoms with Gasteiger partial charge in [0.15, 0.2) is 0 Å². The van der Waals surface area contributed by atoms with Gasteiger partial charge >= 0.3 is 0 Å². The Kier molecular flexibility index (Phi) is 5.64. The predicted molar refractivity (Wildman–Crippen MR) is 95.0 cm³/mol. The molecule has 0 aliphatic heterocycles. The highest BCUT2D eigenvalue weighted by atomic mass is 16.5. The van der Waals surface area contributed by atoms with Crippen LogP contribution in [0.4, 0.5) is 0 Å². The first-order valence-electron chi connectivity index (χ1n) is 7.81. The van der Waals surface area contributed by atoms with E-state index in [0.717, 1.165) is 0 Å². The minimum atomic E-state index is -0.440. The Morgan fingerprint density at radius 3 is 2.32 bits per heavy atom. The van der Waals surface area contributed by atoms with Crippen LogP contribution >= 0.6 is 0 Å². The molecule has 6 nitrogen and oxygen atoms in total. The average molecular weight is 342 g/mol. The summed E-state index contributed by atoms with van der Waals surface area (Å²) in [4.78, 5) is 24.9. The lowest BCUT2D eigenvalue weighted by molar-refractivity contribution is -0.119. The molecule has 0 spiro atoms. The van der Waals surface area contributed by atoms with Gasteiger partial charge in [-0.1, -0.05) is 0 Å². The number of hydrogen-bond donors (Lipinski definition) is 2. The van der Waals surface area contributed by atoms with Gasteiger partial charge in [-0.25, -0.2) is 0 Å². The van der Waals surface area contributed by atoms with Crippen LogP contribution in [-0.4, -0.2) is 24.5 Å². The molecule has 0 aliphatic rings. The summed E-state index contributed by atoms with van der Waals surface area (Å²) in [5, 5.41) is 5.46. The second-order valence-corrected chi connectivity index (χ2v) is 6.46. The fourth-order valence-corrected chi connectivity index (χ4v) is 2.02. The minimum absolute atomic E-state index is 0.102. The maximum atomic E-state index is 12.5. The number of amides is 2. The van der Waals surface area contributed by atoms with Crippen LogP contribution in [0.25, 0.3) is 6.08 Å². The molecule has 2 aromatic rings. The van der Waals surface area contributed by atoms with Crippen molar-refractivity contribution in [2.45, 2.75) is 26.3 Å². The van der Waals surface area contributed by atoms with Crippen LogP contribution in [0, 0.1) is 0 Å². The monoisotopic (exact) mass is 342 g/mol. The second kappa shape index (κ2) is 7.70. The van der Waals surface area contributed by atoms with Crippen LogP contribution in [-0.2, 0) is 4.79 Å². The van der Waals surface area contributed by atoms with Gasteiger partial charge in [0.1, 0.15) is 17.2 Å². The third-order valence-electron chi connectivity index (χ3n) is 3.16. The number of nitrogens with one attached hydrogen (secondary N) is 2. The SMILES string of the molecule is COc1ccc(C(=O)N/C(=C/c2ccco2)C(=O)NC(C)(C)C)cc1. The van der Waals surface area contributed by atoms with Crippen molar-refractivity contribution in [1.29, 1.82) is 0 Å². The summed E-state index contributed by atoms with van der Waals surface area (Å²) in [6, 6.07) is 10.0. The van der Waals surface area contributed by atoms with Crippen molar-refractivity contribution in [2.24, 2.45) is 0 Å². The molecule has 0 saturated heterocycles. The largest absolute Gasteiger partial charge is 0.497 e. The lowest BCUT2D eigenvalue weighted by atomic mass is 10.1. The van der Waals surface area contributed by atoms with E-state index in [1.54, 1.807) is 43.5 Å². The lowest BCUT2D eigenvalue weighted by Crippen LogP contribution is -2.44. The molecule has 1 aromatic carbocycles. The molecular formula is C19H22N2O4. The summed E-state index contributed by atoms with van der Waals surface area (Å²) in [5.74, 6) is 0.317. The maximum absolute atomic E-state index is 12.5. The number of hydrogen-bond acceptors (Lipinski definition) is 4. The third-order valence-corrected chi connectivity index (χ3v) is 3.16. The Labute approximate surface area is 146 Å². The molecule has 1 heterocycles. The highest BCUT2D eigenvalue weighted by Gasteiger charge is 2.20. The van der Waals surface area contributed by atoms with Crippen LogP contribution in [0.15, 0.2) is 52.8 Å². The van der Waals surface area contributed by atoms with E-state index < -0.39 is 17.4 Å². The smallest absolute Gasteiger partial charge is 0.268 e. The van der Waals surface area contributed by atoms with Crippen molar-refractivity contribution < 1.29 is 18.7 Å². The number of benzene rings is 1. The Hall–Kier alpha value is -3.02. The van der Waals surface area contributed by atoms with E-state index in [1.807, 2.05) is 20.8 Å². The van der Waals surface area contributed by atoms with E-state index in [0.29, 0.717) is 17.1 Å². The Balaban J connectivity index is 2.22. The molecule has 132 valence electrons. The normalized spacial score (nSPS) is 11.8. The van der Waals surface area contributed by atoms with Crippen LogP contribution in [0.1, 0.15) is 36.9 Å². The first-order chi connectivity index (χ1) is 11.8.